The number of thiocarbonyl (C=S) groups is 1. The summed E-state index contributed by atoms with van der Waals surface area (Å²) in [5.74, 6) is 0.107. The third-order valence-corrected chi connectivity index (χ3v) is 4.63. The first kappa shape index (κ1) is 18.8. The molecule has 140 valence electrons. The molecule has 0 bridgehead atoms. The van der Waals surface area contributed by atoms with Crippen molar-refractivity contribution in [1.82, 2.24) is 5.32 Å². The summed E-state index contributed by atoms with van der Waals surface area (Å²) in [5.41, 5.74) is 2.21. The Labute approximate surface area is 163 Å². The Morgan fingerprint density at radius 2 is 1.74 bits per heavy atom. The zero-order valence-corrected chi connectivity index (χ0v) is 16.1. The monoisotopic (exact) mass is 384 g/mol. The Morgan fingerprint density at radius 3 is 2.37 bits per heavy atom. The number of hydrogen-bond donors (Lipinski definition) is 1. The quantitative estimate of drug-likeness (QED) is 0.631. The molecule has 6 nitrogen and oxygen atoms in total. The van der Waals surface area contributed by atoms with Crippen molar-refractivity contribution >= 4 is 29.0 Å². The molecular weight excluding hydrogens is 364 g/mol. The Kier molecular flexibility index (Phi) is 5.71. The van der Waals surface area contributed by atoms with E-state index in [1.165, 1.54) is 7.11 Å². The van der Waals surface area contributed by atoms with E-state index in [2.05, 4.69) is 10.3 Å². The van der Waals surface area contributed by atoms with Crippen LogP contribution in [-0.4, -0.2) is 38.1 Å². The molecule has 1 heterocycles. The first-order valence-corrected chi connectivity index (χ1v) is 8.74. The number of carbonyl (C=O) groups is 1. The van der Waals surface area contributed by atoms with Crippen LogP contribution in [0.25, 0.3) is 0 Å². The highest BCUT2D eigenvalue weighted by molar-refractivity contribution is 7.80. The van der Waals surface area contributed by atoms with Crippen molar-refractivity contribution in [1.29, 1.82) is 0 Å². The molecule has 2 aromatic carbocycles. The fourth-order valence-electron chi connectivity index (χ4n) is 3.14. The minimum Gasteiger partial charge on any atom is -0.493 e. The molecule has 0 radical (unpaired) electrons. The number of nitrogens with one attached hydrogen (secondary N) is 1. The summed E-state index contributed by atoms with van der Waals surface area (Å²) in [6, 6.07) is 14.5. The van der Waals surface area contributed by atoms with Gasteiger partial charge in [0.2, 0.25) is 0 Å². The summed E-state index contributed by atoms with van der Waals surface area (Å²) in [5, 5.41) is 3.45. The van der Waals surface area contributed by atoms with E-state index >= 15 is 0 Å². The van der Waals surface area contributed by atoms with Crippen LogP contribution in [0.1, 0.15) is 17.2 Å². The van der Waals surface area contributed by atoms with Crippen LogP contribution < -0.4 is 14.8 Å². The second kappa shape index (κ2) is 8.18. The highest BCUT2D eigenvalue weighted by Crippen LogP contribution is 2.35. The number of aliphatic imine (C=N–C) groups is 1. The van der Waals surface area contributed by atoms with E-state index in [1.807, 2.05) is 42.5 Å². The summed E-state index contributed by atoms with van der Waals surface area (Å²) < 4.78 is 15.8. The van der Waals surface area contributed by atoms with Crippen molar-refractivity contribution in [3.63, 3.8) is 0 Å². The normalized spacial score (nSPS) is 18.9. The molecule has 0 aromatic heterocycles. The van der Waals surface area contributed by atoms with Crippen molar-refractivity contribution in [3.8, 4) is 11.5 Å². The Hall–Kier alpha value is -2.93. The molecule has 0 aliphatic carbocycles. The zero-order valence-electron chi connectivity index (χ0n) is 15.3. The third-order valence-electron chi connectivity index (χ3n) is 4.42. The van der Waals surface area contributed by atoms with E-state index in [9.17, 15) is 4.79 Å². The maximum atomic E-state index is 12.7. The van der Waals surface area contributed by atoms with Crippen molar-refractivity contribution in [2.45, 2.75) is 6.04 Å². The molecule has 1 aliphatic heterocycles. The molecule has 27 heavy (non-hydrogen) atoms. The summed E-state index contributed by atoms with van der Waals surface area (Å²) in [4.78, 5) is 17.1. The number of nitrogens with zero attached hydrogens (tertiary/aromatic N) is 1. The van der Waals surface area contributed by atoms with E-state index in [4.69, 9.17) is 26.4 Å². The summed E-state index contributed by atoms with van der Waals surface area (Å²) in [6.07, 6.45) is 0. The average Bonchev–Trinajstić information content (AvgIpc) is 2.72. The van der Waals surface area contributed by atoms with Crippen LogP contribution in [0.5, 0.6) is 11.5 Å². The predicted octanol–water partition coefficient (Wildman–Crippen LogP) is 2.91. The lowest BCUT2D eigenvalue weighted by Crippen LogP contribution is -2.45. The van der Waals surface area contributed by atoms with Crippen LogP contribution >= 0.6 is 12.2 Å². The lowest BCUT2D eigenvalue weighted by molar-refractivity contribution is -0.143. The minimum absolute atomic E-state index is 0.314. The second-order valence-electron chi connectivity index (χ2n) is 5.91. The highest BCUT2D eigenvalue weighted by Gasteiger charge is 2.39. The number of rotatable bonds is 5. The number of hydrogen-bond acceptors (Lipinski definition) is 5. The molecule has 0 fully saturated rings. The lowest BCUT2D eigenvalue weighted by atomic mass is 9.84. The van der Waals surface area contributed by atoms with Crippen LogP contribution in [0, 0.1) is 5.92 Å². The van der Waals surface area contributed by atoms with Gasteiger partial charge in [0, 0.05) is 0 Å². The van der Waals surface area contributed by atoms with Gasteiger partial charge in [0.1, 0.15) is 5.92 Å². The van der Waals surface area contributed by atoms with Crippen molar-refractivity contribution < 1.29 is 19.0 Å². The SMILES string of the molecule is COC(=O)C1C(c2ccccc2)=NC(=S)NC1c1ccc(OC)c(OC)c1. The van der Waals surface area contributed by atoms with Crippen LogP contribution in [0.2, 0.25) is 0 Å². The van der Waals surface area contributed by atoms with Gasteiger partial charge in [-0.1, -0.05) is 36.4 Å². The van der Waals surface area contributed by atoms with Crippen LogP contribution in [0.3, 0.4) is 0 Å². The molecule has 0 saturated heterocycles. The van der Waals surface area contributed by atoms with E-state index in [0.717, 1.165) is 11.1 Å². The van der Waals surface area contributed by atoms with Crippen LogP contribution in [-0.2, 0) is 9.53 Å². The zero-order chi connectivity index (χ0) is 19.4. The number of ether oxygens (including phenoxy) is 3. The molecule has 2 atom stereocenters. The number of benzene rings is 2. The van der Waals surface area contributed by atoms with Gasteiger partial charge in [-0.15, -0.1) is 0 Å². The molecule has 0 amide bonds. The van der Waals surface area contributed by atoms with E-state index < -0.39 is 17.9 Å². The Morgan fingerprint density at radius 1 is 1.04 bits per heavy atom. The summed E-state index contributed by atoms with van der Waals surface area (Å²) in [6.45, 7) is 0. The van der Waals surface area contributed by atoms with Gasteiger partial charge in [0.15, 0.2) is 16.6 Å². The van der Waals surface area contributed by atoms with E-state index in [0.29, 0.717) is 22.3 Å². The first-order valence-electron chi connectivity index (χ1n) is 8.33. The molecule has 1 aliphatic rings. The fraction of sp³-hybridized carbons (Fsp3) is 0.250. The second-order valence-corrected chi connectivity index (χ2v) is 6.29. The molecule has 0 spiro atoms. The van der Waals surface area contributed by atoms with E-state index in [-0.39, 0.29) is 0 Å². The van der Waals surface area contributed by atoms with E-state index in [1.54, 1.807) is 20.3 Å². The number of esters is 1. The van der Waals surface area contributed by atoms with Crippen LogP contribution in [0.15, 0.2) is 53.5 Å². The molecule has 2 aromatic rings. The van der Waals surface area contributed by atoms with Gasteiger partial charge in [-0.05, 0) is 35.5 Å². The standard InChI is InChI=1S/C20H20N2O4S/c1-24-14-10-9-13(11-15(14)25-2)18-16(19(23)26-3)17(21-20(27)22-18)12-7-5-4-6-8-12/h4-11,16,18H,1-3H3,(H,22,27). The predicted molar refractivity (Wildman–Crippen MR) is 107 cm³/mol. The van der Waals surface area contributed by atoms with Crippen molar-refractivity contribution in [3.05, 3.63) is 59.7 Å². The van der Waals surface area contributed by atoms with Gasteiger partial charge in [0.05, 0.1) is 33.1 Å². The van der Waals surface area contributed by atoms with Gasteiger partial charge >= 0.3 is 5.97 Å². The first-order chi connectivity index (χ1) is 13.1. The smallest absolute Gasteiger partial charge is 0.317 e. The van der Waals surface area contributed by atoms with Gasteiger partial charge in [-0.2, -0.15) is 0 Å². The minimum atomic E-state index is -0.665. The molecule has 3 rings (SSSR count). The summed E-state index contributed by atoms with van der Waals surface area (Å²) >= 11 is 5.34. The van der Waals surface area contributed by atoms with Gasteiger partial charge < -0.3 is 19.5 Å². The Bertz CT molecular complexity index is 883. The van der Waals surface area contributed by atoms with Gasteiger partial charge in [-0.25, -0.2) is 4.99 Å². The maximum absolute atomic E-state index is 12.7. The highest BCUT2D eigenvalue weighted by atomic mass is 32.1. The summed E-state index contributed by atoms with van der Waals surface area (Å²) in [7, 11) is 4.50. The van der Waals surface area contributed by atoms with Crippen molar-refractivity contribution in [2.24, 2.45) is 10.9 Å². The largest absolute Gasteiger partial charge is 0.493 e. The Balaban J connectivity index is 2.10. The third kappa shape index (κ3) is 3.78. The van der Waals surface area contributed by atoms with Gasteiger partial charge in [0.25, 0.3) is 0 Å². The van der Waals surface area contributed by atoms with Crippen molar-refractivity contribution in [2.75, 3.05) is 21.3 Å². The topological polar surface area (TPSA) is 69.2 Å². The number of carbonyl (C=O) groups excluding carboxylic acids is 1. The number of methoxy groups -OCH3 is 3. The molecule has 7 heteroatoms. The molecular formula is C20H20N2O4S. The average molecular weight is 384 g/mol. The fourth-order valence-corrected chi connectivity index (χ4v) is 3.36. The van der Waals surface area contributed by atoms with Gasteiger partial charge in [-0.3, -0.25) is 4.79 Å². The molecule has 1 N–H and O–H groups in total. The molecule has 2 unspecified atom stereocenters. The molecule has 0 saturated carbocycles. The van der Waals surface area contributed by atoms with Crippen LogP contribution in [0.4, 0.5) is 0 Å². The maximum Gasteiger partial charge on any atom is 0.317 e. The lowest BCUT2D eigenvalue weighted by Gasteiger charge is -2.32.